The maximum absolute atomic E-state index is 8.87. The van der Waals surface area contributed by atoms with E-state index in [4.69, 9.17) is 5.11 Å². The van der Waals surface area contributed by atoms with E-state index in [2.05, 4.69) is 13.8 Å². The average molecular weight is 140 g/mol. The highest BCUT2D eigenvalue weighted by molar-refractivity contribution is 5.13. The molecule has 0 bridgehead atoms. The second-order valence-corrected chi connectivity index (χ2v) is 3.35. The van der Waals surface area contributed by atoms with Gasteiger partial charge in [0, 0.05) is 6.61 Å². The minimum Gasteiger partial charge on any atom is -0.396 e. The first-order valence-corrected chi connectivity index (χ1v) is 4.00. The lowest BCUT2D eigenvalue weighted by molar-refractivity contribution is 0.213. The molecule has 0 aromatic carbocycles. The third kappa shape index (κ3) is 1.60. The molecule has 1 nitrogen and oxygen atoms in total. The van der Waals surface area contributed by atoms with Gasteiger partial charge in [-0.15, -0.1) is 0 Å². The molecule has 0 radical (unpaired) electrons. The molecule has 0 fully saturated rings. The van der Waals surface area contributed by atoms with Gasteiger partial charge in [0.15, 0.2) is 0 Å². The summed E-state index contributed by atoms with van der Waals surface area (Å²) in [5.41, 5.74) is 3.02. The van der Waals surface area contributed by atoms with Crippen LogP contribution in [0.3, 0.4) is 0 Å². The van der Waals surface area contributed by atoms with E-state index in [9.17, 15) is 0 Å². The molecule has 0 aliphatic heterocycles. The van der Waals surface area contributed by atoms with Crippen LogP contribution < -0.4 is 0 Å². The predicted octanol–water partition coefficient (Wildman–Crippen LogP) is 2.12. The zero-order valence-corrected chi connectivity index (χ0v) is 6.85. The van der Waals surface area contributed by atoms with Crippen LogP contribution in [-0.4, -0.2) is 11.7 Å². The third-order valence-electron chi connectivity index (χ3n) is 2.51. The van der Waals surface area contributed by atoms with Crippen LogP contribution in [0.4, 0.5) is 0 Å². The summed E-state index contributed by atoms with van der Waals surface area (Å²) in [5.74, 6) is 0.545. The molecule has 58 valence electrons. The van der Waals surface area contributed by atoms with Gasteiger partial charge in [-0.2, -0.15) is 0 Å². The maximum atomic E-state index is 8.87. The molecule has 1 N–H and O–H groups in total. The normalized spacial score (nSPS) is 27.3. The quantitative estimate of drug-likeness (QED) is 0.553. The molecule has 1 rings (SSSR count). The van der Waals surface area contributed by atoms with Crippen LogP contribution in [0.25, 0.3) is 0 Å². The van der Waals surface area contributed by atoms with Gasteiger partial charge >= 0.3 is 0 Å². The monoisotopic (exact) mass is 140 g/mol. The molecule has 10 heavy (non-hydrogen) atoms. The predicted molar refractivity (Wildman–Crippen MR) is 42.8 cm³/mol. The third-order valence-corrected chi connectivity index (χ3v) is 2.51. The first-order valence-electron chi connectivity index (χ1n) is 4.00. The first kappa shape index (κ1) is 7.80. The zero-order chi connectivity index (χ0) is 7.56. The zero-order valence-electron chi connectivity index (χ0n) is 6.85. The summed E-state index contributed by atoms with van der Waals surface area (Å²) in [4.78, 5) is 0. The van der Waals surface area contributed by atoms with E-state index in [0.717, 1.165) is 6.42 Å². The summed E-state index contributed by atoms with van der Waals surface area (Å²) in [6.07, 6.45) is 3.49. The average Bonchev–Trinajstić information content (AvgIpc) is 1.95. The van der Waals surface area contributed by atoms with E-state index in [1.807, 2.05) is 0 Å². The number of hydrogen-bond donors (Lipinski definition) is 1. The number of rotatable bonds is 1. The number of hydrogen-bond acceptors (Lipinski definition) is 1. The Balaban J connectivity index is 2.54. The Morgan fingerprint density at radius 2 is 2.10 bits per heavy atom. The highest BCUT2D eigenvalue weighted by Crippen LogP contribution is 2.27. The van der Waals surface area contributed by atoms with Gasteiger partial charge in [-0.05, 0) is 39.0 Å². The molecule has 0 aromatic rings. The van der Waals surface area contributed by atoms with Gasteiger partial charge in [-0.25, -0.2) is 0 Å². The summed E-state index contributed by atoms with van der Waals surface area (Å²) >= 11 is 0. The Morgan fingerprint density at radius 1 is 1.40 bits per heavy atom. The molecule has 1 heteroatoms. The molecule has 0 saturated carbocycles. The van der Waals surface area contributed by atoms with Gasteiger partial charge in [0.05, 0.1) is 0 Å². The van der Waals surface area contributed by atoms with E-state index in [0.29, 0.717) is 12.5 Å². The lowest BCUT2D eigenvalue weighted by Gasteiger charge is -2.21. The van der Waals surface area contributed by atoms with Crippen molar-refractivity contribution in [1.29, 1.82) is 0 Å². The lowest BCUT2D eigenvalue weighted by atomic mass is 9.86. The summed E-state index contributed by atoms with van der Waals surface area (Å²) in [5, 5.41) is 8.87. The van der Waals surface area contributed by atoms with Gasteiger partial charge < -0.3 is 5.11 Å². The first-order chi connectivity index (χ1) is 4.74. The second-order valence-electron chi connectivity index (χ2n) is 3.35. The van der Waals surface area contributed by atoms with Gasteiger partial charge in [-0.1, -0.05) is 11.1 Å². The van der Waals surface area contributed by atoms with Crippen molar-refractivity contribution in [2.45, 2.75) is 33.1 Å². The van der Waals surface area contributed by atoms with Crippen molar-refractivity contribution in [2.24, 2.45) is 5.92 Å². The van der Waals surface area contributed by atoms with Crippen LogP contribution in [0.2, 0.25) is 0 Å². The van der Waals surface area contributed by atoms with E-state index >= 15 is 0 Å². The topological polar surface area (TPSA) is 20.2 Å². The van der Waals surface area contributed by atoms with Gasteiger partial charge in [0.25, 0.3) is 0 Å². The van der Waals surface area contributed by atoms with Crippen molar-refractivity contribution in [3.63, 3.8) is 0 Å². The molecule has 0 saturated heterocycles. The molecule has 0 amide bonds. The van der Waals surface area contributed by atoms with Crippen molar-refractivity contribution in [3.05, 3.63) is 11.1 Å². The Labute approximate surface area is 62.8 Å². The van der Waals surface area contributed by atoms with Crippen molar-refractivity contribution in [3.8, 4) is 0 Å². The van der Waals surface area contributed by atoms with Gasteiger partial charge in [0.2, 0.25) is 0 Å². The molecule has 1 atom stereocenters. The summed E-state index contributed by atoms with van der Waals surface area (Å²) in [6, 6.07) is 0. The van der Waals surface area contributed by atoms with E-state index in [1.54, 1.807) is 0 Å². The van der Waals surface area contributed by atoms with Crippen LogP contribution in [0, 0.1) is 5.92 Å². The smallest absolute Gasteiger partial charge is 0.0462 e. The molecule has 1 aliphatic rings. The Morgan fingerprint density at radius 3 is 2.60 bits per heavy atom. The van der Waals surface area contributed by atoms with Crippen LogP contribution >= 0.6 is 0 Å². The van der Waals surface area contributed by atoms with E-state index < -0.39 is 0 Å². The number of aliphatic hydroxyl groups is 1. The standard InChI is InChI=1S/C9H16O/c1-7-3-4-9(6-10)5-8(7)2/h9-10H,3-6H2,1-2H3. The SMILES string of the molecule is CC1=C(C)CC(CO)CC1. The van der Waals surface area contributed by atoms with Crippen molar-refractivity contribution < 1.29 is 5.11 Å². The largest absolute Gasteiger partial charge is 0.396 e. The second kappa shape index (κ2) is 3.20. The fraction of sp³-hybridized carbons (Fsp3) is 0.778. The Hall–Kier alpha value is -0.300. The molecule has 0 heterocycles. The maximum Gasteiger partial charge on any atom is 0.0462 e. The molecule has 0 aromatic heterocycles. The molecule has 0 spiro atoms. The summed E-state index contributed by atoms with van der Waals surface area (Å²) < 4.78 is 0. The van der Waals surface area contributed by atoms with E-state index in [-0.39, 0.29) is 0 Å². The fourth-order valence-corrected chi connectivity index (χ4v) is 1.50. The van der Waals surface area contributed by atoms with Gasteiger partial charge in [-0.3, -0.25) is 0 Å². The minimum atomic E-state index is 0.366. The van der Waals surface area contributed by atoms with E-state index in [1.165, 1.54) is 24.0 Å². The summed E-state index contributed by atoms with van der Waals surface area (Å²) in [6.45, 7) is 4.74. The highest BCUT2D eigenvalue weighted by Gasteiger charge is 2.14. The highest BCUT2D eigenvalue weighted by atomic mass is 16.3. The molecular weight excluding hydrogens is 124 g/mol. The minimum absolute atomic E-state index is 0.366. The molecule has 1 aliphatic carbocycles. The van der Waals surface area contributed by atoms with Crippen LogP contribution in [-0.2, 0) is 0 Å². The fourth-order valence-electron chi connectivity index (χ4n) is 1.50. The van der Waals surface area contributed by atoms with Crippen LogP contribution in [0.1, 0.15) is 33.1 Å². The number of allylic oxidation sites excluding steroid dienone is 2. The van der Waals surface area contributed by atoms with Crippen molar-refractivity contribution in [1.82, 2.24) is 0 Å². The van der Waals surface area contributed by atoms with Crippen LogP contribution in [0.15, 0.2) is 11.1 Å². The Bertz CT molecular complexity index is 147. The number of aliphatic hydroxyl groups excluding tert-OH is 1. The van der Waals surface area contributed by atoms with Crippen LogP contribution in [0.5, 0.6) is 0 Å². The lowest BCUT2D eigenvalue weighted by Crippen LogP contribution is -2.11. The molecule has 1 unspecified atom stereocenters. The van der Waals surface area contributed by atoms with Crippen molar-refractivity contribution in [2.75, 3.05) is 6.61 Å². The summed E-state index contributed by atoms with van der Waals surface area (Å²) in [7, 11) is 0. The Kier molecular flexibility index (Phi) is 2.50. The van der Waals surface area contributed by atoms with Gasteiger partial charge in [0.1, 0.15) is 0 Å². The van der Waals surface area contributed by atoms with Crippen molar-refractivity contribution >= 4 is 0 Å². The molecular formula is C9H16O.